The van der Waals surface area contributed by atoms with Crippen LogP contribution in [0, 0.1) is 11.3 Å². The van der Waals surface area contributed by atoms with Gasteiger partial charge in [0, 0.05) is 12.1 Å². The SMILES string of the molecule is N#Cc1cccc(C(=O)OCC(=O)N(C2CC2)[C@@H]2CCS(=O)(=O)C2)c1. The maximum absolute atomic E-state index is 12.5. The van der Waals surface area contributed by atoms with Gasteiger partial charge in [0.15, 0.2) is 16.4 Å². The van der Waals surface area contributed by atoms with E-state index in [9.17, 15) is 18.0 Å². The van der Waals surface area contributed by atoms with Crippen LogP contribution in [-0.4, -0.2) is 55.4 Å². The van der Waals surface area contributed by atoms with Crippen LogP contribution in [-0.2, 0) is 19.4 Å². The van der Waals surface area contributed by atoms with E-state index in [0.29, 0.717) is 12.0 Å². The summed E-state index contributed by atoms with van der Waals surface area (Å²) >= 11 is 0. The summed E-state index contributed by atoms with van der Waals surface area (Å²) in [4.78, 5) is 26.1. The molecule has 7 nitrogen and oxygen atoms in total. The molecule has 0 unspecified atom stereocenters. The molecule has 132 valence electrons. The fourth-order valence-corrected chi connectivity index (χ4v) is 4.77. The first-order chi connectivity index (χ1) is 11.9. The number of ether oxygens (including phenoxy) is 1. The molecular weight excluding hydrogens is 344 g/mol. The fourth-order valence-electron chi connectivity index (χ4n) is 3.05. The largest absolute Gasteiger partial charge is 0.452 e. The van der Waals surface area contributed by atoms with Crippen LogP contribution in [0.25, 0.3) is 0 Å². The summed E-state index contributed by atoms with van der Waals surface area (Å²) < 4.78 is 28.4. The second-order valence-electron chi connectivity index (χ2n) is 6.36. The first-order valence-electron chi connectivity index (χ1n) is 8.08. The molecule has 1 aromatic carbocycles. The Bertz CT molecular complexity index is 839. The highest BCUT2D eigenvalue weighted by molar-refractivity contribution is 7.91. The Hall–Kier alpha value is -2.40. The zero-order valence-corrected chi connectivity index (χ0v) is 14.4. The van der Waals surface area contributed by atoms with Crippen LogP contribution in [0.15, 0.2) is 24.3 Å². The van der Waals surface area contributed by atoms with E-state index in [-0.39, 0.29) is 35.1 Å². The number of carbonyl (C=O) groups is 2. The van der Waals surface area contributed by atoms with E-state index in [1.165, 1.54) is 12.1 Å². The van der Waals surface area contributed by atoms with Crippen LogP contribution in [0.3, 0.4) is 0 Å². The zero-order valence-electron chi connectivity index (χ0n) is 13.6. The minimum atomic E-state index is -3.09. The van der Waals surface area contributed by atoms with Crippen LogP contribution in [0.1, 0.15) is 35.2 Å². The van der Waals surface area contributed by atoms with E-state index < -0.39 is 22.4 Å². The Balaban J connectivity index is 1.62. The van der Waals surface area contributed by atoms with Crippen molar-refractivity contribution in [3.05, 3.63) is 35.4 Å². The molecule has 3 rings (SSSR count). The first-order valence-corrected chi connectivity index (χ1v) is 9.90. The molecule has 0 N–H and O–H groups in total. The van der Waals surface area contributed by atoms with Crippen molar-refractivity contribution in [3.8, 4) is 6.07 Å². The number of nitriles is 1. The minimum absolute atomic E-state index is 0.0204. The molecule has 0 spiro atoms. The van der Waals surface area contributed by atoms with E-state index in [1.54, 1.807) is 17.0 Å². The van der Waals surface area contributed by atoms with Gasteiger partial charge in [-0.1, -0.05) is 6.07 Å². The normalized spacial score (nSPS) is 21.3. The van der Waals surface area contributed by atoms with Gasteiger partial charge in [-0.25, -0.2) is 13.2 Å². The zero-order chi connectivity index (χ0) is 18.0. The number of amides is 1. The maximum atomic E-state index is 12.5. The number of esters is 1. The molecule has 1 amide bonds. The predicted molar refractivity (Wildman–Crippen MR) is 88.4 cm³/mol. The van der Waals surface area contributed by atoms with Crippen molar-refractivity contribution >= 4 is 21.7 Å². The monoisotopic (exact) mass is 362 g/mol. The average molecular weight is 362 g/mol. The van der Waals surface area contributed by atoms with E-state index in [1.807, 2.05) is 6.07 Å². The highest BCUT2D eigenvalue weighted by Crippen LogP contribution is 2.32. The lowest BCUT2D eigenvalue weighted by Crippen LogP contribution is -2.44. The third-order valence-electron chi connectivity index (χ3n) is 4.38. The summed E-state index contributed by atoms with van der Waals surface area (Å²) in [7, 11) is -3.09. The lowest BCUT2D eigenvalue weighted by atomic mass is 10.1. The number of benzene rings is 1. The molecular formula is C17H18N2O5S. The lowest BCUT2D eigenvalue weighted by molar-refractivity contribution is -0.137. The van der Waals surface area contributed by atoms with Gasteiger partial charge in [-0.2, -0.15) is 5.26 Å². The van der Waals surface area contributed by atoms with Crippen molar-refractivity contribution in [1.29, 1.82) is 5.26 Å². The highest BCUT2D eigenvalue weighted by Gasteiger charge is 2.42. The van der Waals surface area contributed by atoms with Crippen LogP contribution >= 0.6 is 0 Å². The van der Waals surface area contributed by atoms with Gasteiger partial charge in [-0.3, -0.25) is 4.79 Å². The van der Waals surface area contributed by atoms with Crippen LogP contribution in [0.5, 0.6) is 0 Å². The van der Waals surface area contributed by atoms with E-state index in [0.717, 1.165) is 12.8 Å². The number of nitrogens with zero attached hydrogens (tertiary/aromatic N) is 2. The second-order valence-corrected chi connectivity index (χ2v) is 8.59. The number of sulfone groups is 1. The molecule has 2 fully saturated rings. The third-order valence-corrected chi connectivity index (χ3v) is 6.13. The molecule has 25 heavy (non-hydrogen) atoms. The molecule has 0 aromatic heterocycles. The van der Waals surface area contributed by atoms with Crippen LogP contribution < -0.4 is 0 Å². The summed E-state index contributed by atoms with van der Waals surface area (Å²) in [6.07, 6.45) is 2.13. The Morgan fingerprint density at radius 3 is 2.60 bits per heavy atom. The molecule has 1 aromatic rings. The Morgan fingerprint density at radius 2 is 2.00 bits per heavy atom. The molecule has 1 saturated heterocycles. The molecule has 1 saturated carbocycles. The van der Waals surface area contributed by atoms with Crippen LogP contribution in [0.2, 0.25) is 0 Å². The maximum Gasteiger partial charge on any atom is 0.338 e. The molecule has 2 aliphatic rings. The van der Waals surface area contributed by atoms with Crippen LogP contribution in [0.4, 0.5) is 0 Å². The molecule has 1 heterocycles. The summed E-state index contributed by atoms with van der Waals surface area (Å²) in [5.41, 5.74) is 0.532. The van der Waals surface area contributed by atoms with Crippen molar-refractivity contribution in [1.82, 2.24) is 4.90 Å². The van der Waals surface area contributed by atoms with E-state index >= 15 is 0 Å². The third kappa shape index (κ3) is 4.17. The highest BCUT2D eigenvalue weighted by atomic mass is 32.2. The Labute approximate surface area is 146 Å². The molecule has 1 aliphatic carbocycles. The molecule has 8 heteroatoms. The summed E-state index contributed by atoms with van der Waals surface area (Å²) in [6, 6.07) is 7.69. The average Bonchev–Trinajstić information content (AvgIpc) is 3.36. The number of rotatable bonds is 5. The van der Waals surface area contributed by atoms with Crippen molar-refractivity contribution < 1.29 is 22.7 Å². The molecule has 0 bridgehead atoms. The summed E-state index contributed by atoms with van der Waals surface area (Å²) in [6.45, 7) is -0.428. The van der Waals surface area contributed by atoms with Crippen molar-refractivity contribution in [2.45, 2.75) is 31.3 Å². The predicted octanol–water partition coefficient (Wildman–Crippen LogP) is 0.893. The van der Waals surface area contributed by atoms with Gasteiger partial charge in [0.2, 0.25) is 0 Å². The quantitative estimate of drug-likeness (QED) is 0.721. The van der Waals surface area contributed by atoms with Gasteiger partial charge in [-0.05, 0) is 37.5 Å². The fraction of sp³-hybridized carbons (Fsp3) is 0.471. The van der Waals surface area contributed by atoms with Gasteiger partial charge < -0.3 is 9.64 Å². The Morgan fingerprint density at radius 1 is 1.24 bits per heavy atom. The Kier molecular flexibility index (Phi) is 4.77. The lowest BCUT2D eigenvalue weighted by Gasteiger charge is -2.28. The minimum Gasteiger partial charge on any atom is -0.452 e. The van der Waals surface area contributed by atoms with E-state index in [4.69, 9.17) is 10.00 Å². The van der Waals surface area contributed by atoms with Gasteiger partial charge >= 0.3 is 5.97 Å². The topological polar surface area (TPSA) is 105 Å². The molecule has 0 radical (unpaired) electrons. The van der Waals surface area contributed by atoms with Crippen molar-refractivity contribution in [2.75, 3.05) is 18.1 Å². The van der Waals surface area contributed by atoms with Gasteiger partial charge in [0.25, 0.3) is 5.91 Å². The number of hydrogen-bond donors (Lipinski definition) is 0. The standard InChI is InChI=1S/C17H18N2O5S/c18-9-12-2-1-3-13(8-12)17(21)24-10-16(20)19(14-4-5-14)15-6-7-25(22,23)11-15/h1-3,8,14-15H,4-7,10-11H2/t15-/m1/s1. The van der Waals surface area contributed by atoms with Crippen molar-refractivity contribution in [2.24, 2.45) is 0 Å². The second kappa shape index (κ2) is 6.84. The van der Waals surface area contributed by atoms with Gasteiger partial charge in [0.1, 0.15) is 0 Å². The number of hydrogen-bond acceptors (Lipinski definition) is 6. The van der Waals surface area contributed by atoms with Gasteiger partial charge in [-0.15, -0.1) is 0 Å². The first kappa shape index (κ1) is 17.4. The van der Waals surface area contributed by atoms with E-state index in [2.05, 4.69) is 0 Å². The molecule has 1 aliphatic heterocycles. The summed E-state index contributed by atoms with van der Waals surface area (Å²) in [5.74, 6) is -0.975. The number of carbonyl (C=O) groups excluding carboxylic acids is 2. The molecule has 1 atom stereocenters. The van der Waals surface area contributed by atoms with Crippen molar-refractivity contribution in [3.63, 3.8) is 0 Å². The smallest absolute Gasteiger partial charge is 0.338 e. The summed E-state index contributed by atoms with van der Waals surface area (Å²) in [5, 5.41) is 8.85. The van der Waals surface area contributed by atoms with Gasteiger partial charge in [0.05, 0.1) is 28.7 Å².